The van der Waals surface area contributed by atoms with Gasteiger partial charge in [0.1, 0.15) is 5.76 Å². The first kappa shape index (κ1) is 19.8. The monoisotopic (exact) mass is 413 g/mol. The summed E-state index contributed by atoms with van der Waals surface area (Å²) in [6.45, 7) is 5.35. The summed E-state index contributed by atoms with van der Waals surface area (Å²) in [4.78, 5) is 13.6. The van der Waals surface area contributed by atoms with Gasteiger partial charge in [-0.05, 0) is 38.1 Å². The molecule has 0 unspecified atom stereocenters. The van der Waals surface area contributed by atoms with E-state index in [1.165, 1.54) is 16.4 Å². The molecule has 1 aromatic carbocycles. The van der Waals surface area contributed by atoms with Gasteiger partial charge in [0.05, 0.1) is 31.1 Å². The van der Waals surface area contributed by atoms with Gasteiger partial charge >= 0.3 is 0 Å². The molecule has 10 heteroatoms. The average molecular weight is 414 g/mol. The van der Waals surface area contributed by atoms with Crippen molar-refractivity contribution >= 4 is 33.3 Å². The van der Waals surface area contributed by atoms with Gasteiger partial charge in [-0.15, -0.1) is 0 Å². The second-order valence-electron chi connectivity index (χ2n) is 6.55. The normalized spacial score (nSPS) is 17.6. The molecule has 2 heterocycles. The summed E-state index contributed by atoms with van der Waals surface area (Å²) in [7, 11) is -3.56. The standard InChI is InChI=1S/C17H21ClN4O4S/c1-12-11-16(20-26-12)19-17(23)13(2)21-7-9-22(10-8-21)27(24,25)15-5-3-14(18)4-6-15/h3-6,11,13H,7-10H2,1-2H3,(H,19,20,23)/p+1/t13-/m1/s1. The number of benzene rings is 1. The smallest absolute Gasteiger partial charge is 0.283 e. The van der Waals surface area contributed by atoms with Crippen LogP contribution in [0.25, 0.3) is 0 Å². The number of carbonyl (C=O) groups excluding carboxylic acids is 1. The summed E-state index contributed by atoms with van der Waals surface area (Å²) in [5.41, 5.74) is 0. The number of sulfonamides is 1. The van der Waals surface area contributed by atoms with Crippen LogP contribution in [0.1, 0.15) is 12.7 Å². The SMILES string of the molecule is Cc1cc(NC(=O)[C@@H](C)[NH+]2CCN(S(=O)(=O)c3ccc(Cl)cc3)CC2)no1. The number of piperazine rings is 1. The van der Waals surface area contributed by atoms with E-state index in [4.69, 9.17) is 16.1 Å². The Morgan fingerprint density at radius 1 is 1.30 bits per heavy atom. The molecule has 1 aliphatic rings. The molecular formula is C17H22ClN4O4S+. The van der Waals surface area contributed by atoms with Crippen molar-refractivity contribution in [1.29, 1.82) is 0 Å². The predicted molar refractivity (Wildman–Crippen MR) is 100 cm³/mol. The minimum absolute atomic E-state index is 0.174. The molecule has 1 aromatic heterocycles. The van der Waals surface area contributed by atoms with Crippen molar-refractivity contribution in [3.8, 4) is 0 Å². The Morgan fingerprint density at radius 2 is 1.93 bits per heavy atom. The molecule has 2 N–H and O–H groups in total. The van der Waals surface area contributed by atoms with Crippen molar-refractivity contribution < 1.29 is 22.6 Å². The maximum absolute atomic E-state index is 12.7. The maximum Gasteiger partial charge on any atom is 0.283 e. The van der Waals surface area contributed by atoms with Crippen LogP contribution < -0.4 is 10.2 Å². The van der Waals surface area contributed by atoms with Gasteiger partial charge in [0.15, 0.2) is 11.9 Å². The van der Waals surface area contributed by atoms with E-state index in [9.17, 15) is 13.2 Å². The Morgan fingerprint density at radius 3 is 2.48 bits per heavy atom. The van der Waals surface area contributed by atoms with Crippen LogP contribution in [0.4, 0.5) is 5.82 Å². The Kier molecular flexibility index (Phi) is 5.85. The zero-order valence-electron chi connectivity index (χ0n) is 15.1. The Labute approximate surface area is 163 Å². The molecule has 146 valence electrons. The van der Waals surface area contributed by atoms with E-state index in [1.807, 2.05) is 6.92 Å². The molecule has 1 aliphatic heterocycles. The third-order valence-corrected chi connectivity index (χ3v) is 6.87. The molecule has 0 saturated carbocycles. The van der Waals surface area contributed by atoms with Gasteiger partial charge in [0.25, 0.3) is 5.91 Å². The lowest BCUT2D eigenvalue weighted by Crippen LogP contribution is -3.19. The number of halogens is 1. The van der Waals surface area contributed by atoms with E-state index in [0.29, 0.717) is 42.8 Å². The number of amides is 1. The fourth-order valence-electron chi connectivity index (χ4n) is 3.05. The number of aryl methyl sites for hydroxylation is 1. The molecule has 27 heavy (non-hydrogen) atoms. The number of aromatic nitrogens is 1. The molecule has 1 amide bonds. The molecular weight excluding hydrogens is 392 g/mol. The highest BCUT2D eigenvalue weighted by Gasteiger charge is 2.34. The van der Waals surface area contributed by atoms with Crippen LogP contribution in [0, 0.1) is 6.92 Å². The van der Waals surface area contributed by atoms with Crippen LogP contribution in [0.3, 0.4) is 0 Å². The van der Waals surface area contributed by atoms with Gasteiger partial charge < -0.3 is 14.7 Å². The third kappa shape index (κ3) is 4.49. The van der Waals surface area contributed by atoms with Crippen LogP contribution in [-0.4, -0.2) is 56.0 Å². The Bertz CT molecular complexity index is 905. The van der Waals surface area contributed by atoms with Crippen molar-refractivity contribution in [1.82, 2.24) is 9.46 Å². The first-order valence-corrected chi connectivity index (χ1v) is 10.4. The fraction of sp³-hybridized carbons (Fsp3) is 0.412. The zero-order valence-corrected chi connectivity index (χ0v) is 16.7. The summed E-state index contributed by atoms with van der Waals surface area (Å²) in [6.07, 6.45) is 0. The summed E-state index contributed by atoms with van der Waals surface area (Å²) in [5.74, 6) is 0.825. The molecule has 0 radical (unpaired) electrons. The number of carbonyl (C=O) groups is 1. The fourth-order valence-corrected chi connectivity index (χ4v) is 4.62. The van der Waals surface area contributed by atoms with Crippen molar-refractivity contribution in [2.24, 2.45) is 0 Å². The summed E-state index contributed by atoms with van der Waals surface area (Å²) in [5, 5.41) is 6.97. The third-order valence-electron chi connectivity index (χ3n) is 4.70. The predicted octanol–water partition coefficient (Wildman–Crippen LogP) is 0.553. The van der Waals surface area contributed by atoms with Crippen LogP contribution in [0.5, 0.6) is 0 Å². The van der Waals surface area contributed by atoms with Crippen LogP contribution in [-0.2, 0) is 14.8 Å². The van der Waals surface area contributed by atoms with Gasteiger partial charge in [-0.1, -0.05) is 16.8 Å². The number of rotatable bonds is 5. The van der Waals surface area contributed by atoms with Gasteiger partial charge in [-0.3, -0.25) is 4.79 Å². The Hall–Kier alpha value is -1.94. The minimum atomic E-state index is -3.56. The van der Waals surface area contributed by atoms with Crippen molar-refractivity contribution in [3.05, 3.63) is 41.1 Å². The highest BCUT2D eigenvalue weighted by molar-refractivity contribution is 7.89. The zero-order chi connectivity index (χ0) is 19.6. The summed E-state index contributed by atoms with van der Waals surface area (Å²) < 4.78 is 31.8. The largest absolute Gasteiger partial charge is 0.360 e. The lowest BCUT2D eigenvalue weighted by molar-refractivity contribution is -0.917. The highest BCUT2D eigenvalue weighted by atomic mass is 35.5. The number of anilines is 1. The second-order valence-corrected chi connectivity index (χ2v) is 8.92. The molecule has 0 aliphatic carbocycles. The molecule has 0 spiro atoms. The van der Waals surface area contributed by atoms with E-state index < -0.39 is 10.0 Å². The number of nitrogens with one attached hydrogen (secondary N) is 2. The van der Waals surface area contributed by atoms with E-state index in [0.717, 1.165) is 4.90 Å². The summed E-state index contributed by atoms with van der Waals surface area (Å²) >= 11 is 5.83. The molecule has 0 bridgehead atoms. The number of quaternary nitrogens is 1. The first-order chi connectivity index (χ1) is 12.8. The molecule has 8 nitrogen and oxygen atoms in total. The van der Waals surface area contributed by atoms with Gasteiger partial charge in [-0.2, -0.15) is 4.31 Å². The molecule has 3 rings (SSSR count). The lowest BCUT2D eigenvalue weighted by atomic mass is 10.2. The van der Waals surface area contributed by atoms with Gasteiger partial charge in [0, 0.05) is 11.1 Å². The number of nitrogens with zero attached hydrogens (tertiary/aromatic N) is 2. The van der Waals surface area contributed by atoms with Gasteiger partial charge in [-0.25, -0.2) is 8.42 Å². The van der Waals surface area contributed by atoms with Crippen molar-refractivity contribution in [2.75, 3.05) is 31.5 Å². The molecule has 1 fully saturated rings. The van der Waals surface area contributed by atoms with Crippen LogP contribution in [0.15, 0.2) is 39.8 Å². The Balaban J connectivity index is 1.59. The molecule has 1 atom stereocenters. The minimum Gasteiger partial charge on any atom is -0.360 e. The topological polar surface area (TPSA) is 97.0 Å². The van der Waals surface area contributed by atoms with Crippen LogP contribution >= 0.6 is 11.6 Å². The highest BCUT2D eigenvalue weighted by Crippen LogP contribution is 2.18. The van der Waals surface area contributed by atoms with Gasteiger partial charge in [0.2, 0.25) is 10.0 Å². The first-order valence-electron chi connectivity index (χ1n) is 8.62. The average Bonchev–Trinajstić information content (AvgIpc) is 3.06. The van der Waals surface area contributed by atoms with E-state index >= 15 is 0 Å². The van der Waals surface area contributed by atoms with Crippen molar-refractivity contribution in [2.45, 2.75) is 24.8 Å². The van der Waals surface area contributed by atoms with E-state index in [2.05, 4.69) is 10.5 Å². The molecule has 2 aromatic rings. The number of hydrogen-bond acceptors (Lipinski definition) is 5. The maximum atomic E-state index is 12.7. The van der Waals surface area contributed by atoms with Crippen LogP contribution in [0.2, 0.25) is 5.02 Å². The van der Waals surface area contributed by atoms with E-state index in [1.54, 1.807) is 25.1 Å². The van der Waals surface area contributed by atoms with Crippen molar-refractivity contribution in [3.63, 3.8) is 0 Å². The summed E-state index contributed by atoms with van der Waals surface area (Å²) in [6, 6.07) is 7.46. The van der Waals surface area contributed by atoms with E-state index in [-0.39, 0.29) is 16.8 Å². The second kappa shape index (κ2) is 7.97. The quantitative estimate of drug-likeness (QED) is 0.746. The number of hydrogen-bond donors (Lipinski definition) is 2. The lowest BCUT2D eigenvalue weighted by Gasteiger charge is -2.34. The molecule has 1 saturated heterocycles.